The Balaban J connectivity index is 1.98. The molecule has 3 rings (SSSR count). The number of alkyl halides is 3. The second-order valence-electron chi connectivity index (χ2n) is 8.41. The second kappa shape index (κ2) is 9.12. The number of likely N-dealkylation sites (N-methyl/N-ethyl adjacent to an activating group) is 1. The third-order valence-electron chi connectivity index (χ3n) is 5.52. The van der Waals surface area contributed by atoms with E-state index in [9.17, 15) is 13.2 Å². The molecule has 7 heteroatoms. The zero-order chi connectivity index (χ0) is 22.8. The molecule has 0 bridgehead atoms. The van der Waals surface area contributed by atoms with Gasteiger partial charge in [0.15, 0.2) is 0 Å². The summed E-state index contributed by atoms with van der Waals surface area (Å²) in [6.45, 7) is 8.93. The number of rotatable bonds is 5. The van der Waals surface area contributed by atoms with Crippen molar-refractivity contribution >= 4 is 11.4 Å². The van der Waals surface area contributed by atoms with E-state index in [1.165, 1.54) is 6.20 Å². The van der Waals surface area contributed by atoms with E-state index < -0.39 is 11.9 Å². The van der Waals surface area contributed by atoms with Gasteiger partial charge in [0.05, 0.1) is 6.04 Å². The third kappa shape index (κ3) is 5.27. The third-order valence-corrected chi connectivity index (χ3v) is 5.52. The van der Waals surface area contributed by atoms with Gasteiger partial charge >= 0.3 is 6.18 Å². The van der Waals surface area contributed by atoms with Gasteiger partial charge in [0.2, 0.25) is 0 Å². The van der Waals surface area contributed by atoms with Crippen molar-refractivity contribution in [3.05, 3.63) is 70.8 Å². The number of pyridine rings is 2. The van der Waals surface area contributed by atoms with Crippen molar-refractivity contribution in [2.45, 2.75) is 52.3 Å². The number of nitrogens with one attached hydrogen (secondary N) is 1. The van der Waals surface area contributed by atoms with Gasteiger partial charge < -0.3 is 10.2 Å². The number of aromatic nitrogens is 2. The van der Waals surface area contributed by atoms with Crippen LogP contribution in [0.3, 0.4) is 0 Å². The van der Waals surface area contributed by atoms with Gasteiger partial charge in [0.1, 0.15) is 11.5 Å². The molecule has 0 aliphatic carbocycles. The average molecular weight is 431 g/mol. The second-order valence-corrected chi connectivity index (χ2v) is 8.41. The van der Waals surface area contributed by atoms with E-state index in [-0.39, 0.29) is 6.04 Å². The maximum atomic E-state index is 13.2. The minimum atomic E-state index is -4.48. The zero-order valence-corrected chi connectivity index (χ0v) is 18.6. The molecule has 166 valence electrons. The van der Waals surface area contributed by atoms with E-state index in [0.29, 0.717) is 11.5 Å². The quantitative estimate of drug-likeness (QED) is 0.621. The van der Waals surface area contributed by atoms with E-state index in [1.807, 2.05) is 33.0 Å². The maximum Gasteiger partial charge on any atom is 0.433 e. The average Bonchev–Trinajstić information content (AvgIpc) is 3.04. The molecule has 1 aliphatic rings. The minimum absolute atomic E-state index is 0.0238. The Morgan fingerprint density at radius 3 is 2.58 bits per heavy atom. The summed E-state index contributed by atoms with van der Waals surface area (Å²) in [6.07, 6.45) is 1.39. The van der Waals surface area contributed by atoms with Crippen molar-refractivity contribution in [2.75, 3.05) is 18.9 Å². The Labute approximate surface area is 181 Å². The molecule has 1 saturated heterocycles. The van der Waals surface area contributed by atoms with Crippen LogP contribution in [0.2, 0.25) is 0 Å². The van der Waals surface area contributed by atoms with Crippen LogP contribution in [0.1, 0.15) is 56.9 Å². The van der Waals surface area contributed by atoms with E-state index in [2.05, 4.69) is 40.1 Å². The Bertz CT molecular complexity index is 988. The highest BCUT2D eigenvalue weighted by atomic mass is 19.4. The summed E-state index contributed by atoms with van der Waals surface area (Å²) in [5.74, 6) is 1.18. The molecule has 1 atom stereocenters. The van der Waals surface area contributed by atoms with Crippen LogP contribution in [0.5, 0.6) is 0 Å². The van der Waals surface area contributed by atoms with Crippen LogP contribution in [-0.4, -0.2) is 34.5 Å². The number of hydrogen-bond acceptors (Lipinski definition) is 4. The molecule has 1 fully saturated rings. The normalized spacial score (nSPS) is 18.0. The number of likely N-dealkylation sites (tertiary alicyclic amines) is 1. The van der Waals surface area contributed by atoms with Crippen LogP contribution < -0.4 is 5.32 Å². The van der Waals surface area contributed by atoms with Crippen LogP contribution in [0, 0.1) is 0 Å². The van der Waals surface area contributed by atoms with Gasteiger partial charge in [-0.05, 0) is 67.2 Å². The number of allylic oxidation sites excluding steroid dienone is 3. The molecule has 4 nitrogen and oxygen atoms in total. The summed E-state index contributed by atoms with van der Waals surface area (Å²) in [5.41, 5.74) is 3.51. The Hall–Kier alpha value is -2.83. The molecule has 0 saturated carbocycles. The van der Waals surface area contributed by atoms with Crippen molar-refractivity contribution in [3.63, 3.8) is 0 Å². The first-order chi connectivity index (χ1) is 14.6. The molecule has 1 N–H and O–H groups in total. The Morgan fingerprint density at radius 2 is 1.94 bits per heavy atom. The van der Waals surface area contributed by atoms with Gasteiger partial charge in [-0.1, -0.05) is 25.5 Å². The Kier molecular flexibility index (Phi) is 6.72. The molecular weight excluding hydrogens is 401 g/mol. The van der Waals surface area contributed by atoms with Gasteiger partial charge in [0.25, 0.3) is 0 Å². The van der Waals surface area contributed by atoms with E-state index in [4.69, 9.17) is 0 Å². The molecule has 3 heterocycles. The molecule has 1 unspecified atom stereocenters. The molecule has 0 radical (unpaired) electrons. The Morgan fingerprint density at radius 1 is 1.19 bits per heavy atom. The van der Waals surface area contributed by atoms with E-state index in [0.717, 1.165) is 47.3 Å². The molecule has 1 aliphatic heterocycles. The van der Waals surface area contributed by atoms with Gasteiger partial charge in [-0.2, -0.15) is 13.2 Å². The van der Waals surface area contributed by atoms with Gasteiger partial charge in [0, 0.05) is 31.7 Å². The first-order valence-electron chi connectivity index (χ1n) is 10.4. The maximum absolute atomic E-state index is 13.2. The highest BCUT2D eigenvalue weighted by molar-refractivity contribution is 5.77. The molecule has 0 amide bonds. The fourth-order valence-electron chi connectivity index (χ4n) is 3.81. The number of anilines is 1. The monoisotopic (exact) mass is 430 g/mol. The summed E-state index contributed by atoms with van der Waals surface area (Å²) >= 11 is 0. The topological polar surface area (TPSA) is 41.1 Å². The molecule has 2 aromatic rings. The largest absolute Gasteiger partial charge is 0.433 e. The van der Waals surface area contributed by atoms with E-state index >= 15 is 0 Å². The highest BCUT2D eigenvalue weighted by Crippen LogP contribution is 2.33. The number of nitrogens with zero attached hydrogens (tertiary/aromatic N) is 3. The summed E-state index contributed by atoms with van der Waals surface area (Å²) in [6, 6.07) is 6.77. The summed E-state index contributed by atoms with van der Waals surface area (Å²) < 4.78 is 39.6. The SMILES string of the molecule is CC(C)=C(/C=C1/C(Nc2ncccc2C(C)C)CCN1C)c1ccnc(C(F)(F)F)c1. The smallest absolute Gasteiger partial charge is 0.376 e. The van der Waals surface area contributed by atoms with Crippen molar-refractivity contribution in [1.29, 1.82) is 0 Å². The molecule has 0 aromatic carbocycles. The fourth-order valence-corrected chi connectivity index (χ4v) is 3.81. The first kappa shape index (κ1) is 22.8. The lowest BCUT2D eigenvalue weighted by Crippen LogP contribution is -2.23. The van der Waals surface area contributed by atoms with Crippen LogP contribution in [0.25, 0.3) is 5.57 Å². The van der Waals surface area contributed by atoms with Crippen molar-refractivity contribution in [2.24, 2.45) is 0 Å². The van der Waals surface area contributed by atoms with E-state index in [1.54, 1.807) is 12.3 Å². The number of halogens is 3. The predicted octanol–water partition coefficient (Wildman–Crippen LogP) is 6.11. The van der Waals surface area contributed by atoms with Crippen LogP contribution in [-0.2, 0) is 6.18 Å². The number of hydrogen-bond donors (Lipinski definition) is 1. The fraction of sp³-hybridized carbons (Fsp3) is 0.417. The van der Waals surface area contributed by atoms with Gasteiger partial charge in [-0.15, -0.1) is 0 Å². The van der Waals surface area contributed by atoms with Crippen molar-refractivity contribution in [1.82, 2.24) is 14.9 Å². The van der Waals surface area contributed by atoms with Crippen LogP contribution in [0.4, 0.5) is 19.0 Å². The van der Waals surface area contributed by atoms with Crippen molar-refractivity contribution < 1.29 is 13.2 Å². The molecule has 0 spiro atoms. The lowest BCUT2D eigenvalue weighted by molar-refractivity contribution is -0.141. The summed E-state index contributed by atoms with van der Waals surface area (Å²) in [5, 5.41) is 3.57. The lowest BCUT2D eigenvalue weighted by atomic mass is 9.98. The zero-order valence-electron chi connectivity index (χ0n) is 18.6. The minimum Gasteiger partial charge on any atom is -0.376 e. The first-order valence-corrected chi connectivity index (χ1v) is 10.4. The molecule has 2 aromatic heterocycles. The lowest BCUT2D eigenvalue weighted by Gasteiger charge is -2.22. The molecular formula is C24H29F3N4. The van der Waals surface area contributed by atoms with Gasteiger partial charge in [-0.25, -0.2) is 4.98 Å². The highest BCUT2D eigenvalue weighted by Gasteiger charge is 2.33. The standard InChI is InChI=1S/C24H29F3N4/c1-15(2)18-7-6-10-29-23(18)30-20-9-12-31(5)21(20)14-19(16(3)4)17-8-11-28-22(13-17)24(25,26)27/h6-8,10-11,13-15,20H,9,12H2,1-5H3,(H,29,30)/b21-14-. The van der Waals surface area contributed by atoms with Crippen LogP contribution >= 0.6 is 0 Å². The summed E-state index contributed by atoms with van der Waals surface area (Å²) in [4.78, 5) is 10.2. The van der Waals surface area contributed by atoms with Crippen molar-refractivity contribution in [3.8, 4) is 0 Å². The summed E-state index contributed by atoms with van der Waals surface area (Å²) in [7, 11) is 2.01. The molecule has 31 heavy (non-hydrogen) atoms. The van der Waals surface area contributed by atoms with Gasteiger partial charge in [-0.3, -0.25) is 4.98 Å². The van der Waals surface area contributed by atoms with Crippen LogP contribution in [0.15, 0.2) is 54.0 Å². The predicted molar refractivity (Wildman–Crippen MR) is 119 cm³/mol.